The first-order chi connectivity index (χ1) is 9.35. The van der Waals surface area contributed by atoms with Crippen molar-refractivity contribution in [1.82, 2.24) is 9.55 Å². The van der Waals surface area contributed by atoms with Crippen LogP contribution in [0, 0.1) is 5.92 Å². The van der Waals surface area contributed by atoms with E-state index in [0.717, 1.165) is 0 Å². The van der Waals surface area contributed by atoms with Crippen LogP contribution in [-0.2, 0) is 14.0 Å². The Labute approximate surface area is 113 Å². The predicted octanol–water partition coefficient (Wildman–Crippen LogP) is -0.777. The van der Waals surface area contributed by atoms with Gasteiger partial charge in [-0.3, -0.25) is 18.9 Å². The van der Waals surface area contributed by atoms with Crippen molar-refractivity contribution in [3.63, 3.8) is 0 Å². The van der Waals surface area contributed by atoms with Crippen LogP contribution in [0.15, 0.2) is 21.9 Å². The number of aromatic nitrogens is 2. The van der Waals surface area contributed by atoms with Crippen molar-refractivity contribution in [3.05, 3.63) is 33.1 Å². The molecule has 0 amide bonds. The fourth-order valence-electron chi connectivity index (χ4n) is 1.97. The molecule has 1 aromatic rings. The van der Waals surface area contributed by atoms with Gasteiger partial charge >= 0.3 is 13.3 Å². The molecular formula is C10H15N2O7P. The number of hydrogen-bond acceptors (Lipinski definition) is 5. The maximum absolute atomic E-state index is 11.6. The van der Waals surface area contributed by atoms with Gasteiger partial charge in [0.25, 0.3) is 5.56 Å². The molecule has 0 aromatic carbocycles. The van der Waals surface area contributed by atoms with Gasteiger partial charge in [-0.15, -0.1) is 0 Å². The average molecular weight is 306 g/mol. The van der Waals surface area contributed by atoms with Crippen molar-refractivity contribution in [2.24, 2.45) is 5.92 Å². The summed E-state index contributed by atoms with van der Waals surface area (Å²) in [5.74, 6) is -0.0645. The Morgan fingerprint density at radius 1 is 1.50 bits per heavy atom. The molecule has 2 atom stereocenters. The quantitative estimate of drug-likeness (QED) is 0.608. The monoisotopic (exact) mass is 306 g/mol. The lowest BCUT2D eigenvalue weighted by Crippen LogP contribution is -2.31. The Balaban J connectivity index is 1.90. The molecule has 0 bridgehead atoms. The summed E-state index contributed by atoms with van der Waals surface area (Å²) in [5.41, 5.74) is -1.04. The predicted molar refractivity (Wildman–Crippen MR) is 67.3 cm³/mol. The van der Waals surface area contributed by atoms with Gasteiger partial charge in [0.1, 0.15) is 12.6 Å². The highest BCUT2D eigenvalue weighted by molar-refractivity contribution is 7.51. The first kappa shape index (κ1) is 15.1. The van der Waals surface area contributed by atoms with E-state index in [1.54, 1.807) is 0 Å². The third-order valence-electron chi connectivity index (χ3n) is 2.83. The molecule has 2 heterocycles. The summed E-state index contributed by atoms with van der Waals surface area (Å²) in [7, 11) is -4.17. The van der Waals surface area contributed by atoms with Gasteiger partial charge in [0.15, 0.2) is 0 Å². The Morgan fingerprint density at radius 2 is 2.25 bits per heavy atom. The molecule has 1 fully saturated rings. The van der Waals surface area contributed by atoms with E-state index in [1.165, 1.54) is 16.8 Å². The lowest BCUT2D eigenvalue weighted by Gasteiger charge is -2.12. The van der Waals surface area contributed by atoms with Crippen LogP contribution in [0.2, 0.25) is 0 Å². The van der Waals surface area contributed by atoms with Gasteiger partial charge in [0.05, 0.1) is 13.2 Å². The number of nitrogens with one attached hydrogen (secondary N) is 1. The second-order valence-corrected chi connectivity index (χ2v) is 6.16. The Bertz CT molecular complexity index is 619. The Kier molecular flexibility index (Phi) is 4.56. The topological polar surface area (TPSA) is 131 Å². The molecule has 9 nitrogen and oxygen atoms in total. The third kappa shape index (κ3) is 4.12. The van der Waals surface area contributed by atoms with Crippen LogP contribution in [-0.4, -0.2) is 38.9 Å². The molecular weight excluding hydrogens is 291 g/mol. The van der Waals surface area contributed by atoms with Gasteiger partial charge in [-0.25, -0.2) is 4.79 Å². The van der Waals surface area contributed by atoms with E-state index in [4.69, 9.17) is 19.3 Å². The molecule has 0 spiro atoms. The van der Waals surface area contributed by atoms with Gasteiger partial charge in [-0.1, -0.05) is 0 Å². The van der Waals surface area contributed by atoms with Gasteiger partial charge in [0, 0.05) is 18.2 Å². The van der Waals surface area contributed by atoms with Crippen LogP contribution in [0.4, 0.5) is 0 Å². The first-order valence-corrected chi connectivity index (χ1v) is 7.70. The summed E-state index contributed by atoms with van der Waals surface area (Å²) in [6.07, 6.45) is 0.674. The molecule has 0 aliphatic carbocycles. The molecule has 1 aliphatic rings. The molecule has 3 N–H and O–H groups in total. The largest absolute Gasteiger partial charge is 0.368 e. The van der Waals surface area contributed by atoms with Crippen LogP contribution in [0.3, 0.4) is 0 Å². The van der Waals surface area contributed by atoms with E-state index < -0.39 is 31.4 Å². The van der Waals surface area contributed by atoms with Crippen molar-refractivity contribution in [1.29, 1.82) is 0 Å². The molecule has 2 rings (SSSR count). The zero-order valence-electron chi connectivity index (χ0n) is 10.5. The molecule has 1 saturated heterocycles. The van der Waals surface area contributed by atoms with E-state index in [2.05, 4.69) is 4.98 Å². The van der Waals surface area contributed by atoms with Crippen molar-refractivity contribution >= 4 is 7.60 Å². The summed E-state index contributed by atoms with van der Waals surface area (Å²) in [5, 5.41) is 0. The zero-order valence-corrected chi connectivity index (χ0v) is 11.4. The summed E-state index contributed by atoms with van der Waals surface area (Å²) in [6, 6.07) is 1.22. The molecule has 20 heavy (non-hydrogen) atoms. The summed E-state index contributed by atoms with van der Waals surface area (Å²) < 4.78 is 22.2. The average Bonchev–Trinajstić information content (AvgIpc) is 2.75. The number of ether oxygens (including phenoxy) is 2. The Hall–Kier alpha value is -1.25. The lowest BCUT2D eigenvalue weighted by molar-refractivity contribution is 0.0464. The van der Waals surface area contributed by atoms with E-state index >= 15 is 0 Å². The van der Waals surface area contributed by atoms with Gasteiger partial charge in [-0.2, -0.15) is 0 Å². The van der Waals surface area contributed by atoms with Crippen LogP contribution < -0.4 is 11.2 Å². The molecule has 10 heteroatoms. The fourth-order valence-corrected chi connectivity index (χ4v) is 2.31. The fraction of sp³-hybridized carbons (Fsp3) is 0.600. The maximum atomic E-state index is 11.6. The number of nitrogens with zero attached hydrogens (tertiary/aromatic N) is 1. The second-order valence-electron chi connectivity index (χ2n) is 4.57. The highest BCUT2D eigenvalue weighted by Crippen LogP contribution is 2.35. The Morgan fingerprint density at radius 3 is 2.90 bits per heavy atom. The zero-order chi connectivity index (χ0) is 14.8. The van der Waals surface area contributed by atoms with Gasteiger partial charge in [-0.05, 0) is 6.42 Å². The minimum Gasteiger partial charge on any atom is -0.368 e. The van der Waals surface area contributed by atoms with E-state index in [0.29, 0.717) is 13.0 Å². The van der Waals surface area contributed by atoms with Crippen LogP contribution >= 0.6 is 7.60 Å². The van der Waals surface area contributed by atoms with Crippen molar-refractivity contribution < 1.29 is 23.8 Å². The molecule has 0 unspecified atom stereocenters. The SMILES string of the molecule is O=c1ccn([C@H]2C[C@@H](COCP(=O)(O)O)CO2)c(=O)[nH]1. The molecule has 0 radical (unpaired) electrons. The van der Waals surface area contributed by atoms with Crippen LogP contribution in [0.25, 0.3) is 0 Å². The second kappa shape index (κ2) is 6.02. The number of hydrogen-bond donors (Lipinski definition) is 3. The van der Waals surface area contributed by atoms with Crippen LogP contribution in [0.5, 0.6) is 0 Å². The lowest BCUT2D eigenvalue weighted by atomic mass is 10.1. The summed E-state index contributed by atoms with van der Waals surface area (Å²) in [4.78, 5) is 42.0. The van der Waals surface area contributed by atoms with E-state index in [9.17, 15) is 14.2 Å². The molecule has 0 saturated carbocycles. The smallest absolute Gasteiger partial charge is 0.350 e. The van der Waals surface area contributed by atoms with Gasteiger partial charge in [0.2, 0.25) is 0 Å². The minimum atomic E-state index is -4.17. The molecule has 1 aliphatic heterocycles. The normalized spacial score (nSPS) is 23.1. The number of rotatable bonds is 5. The van der Waals surface area contributed by atoms with Crippen LogP contribution in [0.1, 0.15) is 12.6 Å². The first-order valence-electron chi connectivity index (χ1n) is 5.90. The van der Waals surface area contributed by atoms with Crippen molar-refractivity contribution in [2.45, 2.75) is 12.6 Å². The standard InChI is InChI=1S/C10H15N2O7P/c13-8-1-2-12(10(14)11-8)9-3-7(5-19-9)4-18-6-20(15,16)17/h1-2,7,9H,3-6H2,(H,11,13,14)(H2,15,16,17)/t7-,9+/m0/s1. The maximum Gasteiger partial charge on any atom is 0.350 e. The third-order valence-corrected chi connectivity index (χ3v) is 3.35. The van der Waals surface area contributed by atoms with Crippen molar-refractivity contribution in [3.8, 4) is 0 Å². The number of aromatic amines is 1. The summed E-state index contributed by atoms with van der Waals surface area (Å²) in [6.45, 7) is 0.455. The minimum absolute atomic E-state index is 0.0645. The highest BCUT2D eigenvalue weighted by Gasteiger charge is 2.28. The van der Waals surface area contributed by atoms with E-state index in [1.807, 2.05) is 0 Å². The van der Waals surface area contributed by atoms with Gasteiger partial charge < -0.3 is 19.3 Å². The van der Waals surface area contributed by atoms with Crippen molar-refractivity contribution in [2.75, 3.05) is 19.6 Å². The molecule has 1 aromatic heterocycles. The highest BCUT2D eigenvalue weighted by atomic mass is 31.2. The molecule has 112 valence electrons. The van der Waals surface area contributed by atoms with E-state index in [-0.39, 0.29) is 12.5 Å². The number of H-pyrrole nitrogens is 1. The summed E-state index contributed by atoms with van der Waals surface area (Å²) >= 11 is 0.